The van der Waals surface area contributed by atoms with Crippen LogP contribution in [-0.4, -0.2) is 44.2 Å². The molecule has 0 bridgehead atoms. The van der Waals surface area contributed by atoms with E-state index in [4.69, 9.17) is 11.6 Å². The Kier molecular flexibility index (Phi) is 7.07. The zero-order chi connectivity index (χ0) is 23.6. The maximum absolute atomic E-state index is 13.4. The second-order valence-electron chi connectivity index (χ2n) is 8.58. The second kappa shape index (κ2) is 9.83. The summed E-state index contributed by atoms with van der Waals surface area (Å²) in [7, 11) is -3.74. The van der Waals surface area contributed by atoms with Gasteiger partial charge in [0.15, 0.2) is 0 Å². The van der Waals surface area contributed by atoms with Crippen LogP contribution in [0.1, 0.15) is 37.3 Å². The molecule has 2 aromatic carbocycles. The number of benzene rings is 2. The monoisotopic (exact) mass is 489 g/mol. The molecule has 7 nitrogen and oxygen atoms in total. The smallest absolute Gasteiger partial charge is 0.243 e. The van der Waals surface area contributed by atoms with E-state index in [1.54, 1.807) is 29.2 Å². The van der Waals surface area contributed by atoms with Gasteiger partial charge in [-0.1, -0.05) is 29.8 Å². The van der Waals surface area contributed by atoms with Crippen LogP contribution in [0.15, 0.2) is 47.4 Å². The summed E-state index contributed by atoms with van der Waals surface area (Å²) in [6, 6.07) is 12.3. The summed E-state index contributed by atoms with van der Waals surface area (Å²) >= 11 is 6.16. The lowest BCUT2D eigenvalue weighted by atomic mass is 9.99. The molecule has 2 aromatic rings. The highest BCUT2D eigenvalue weighted by Crippen LogP contribution is 2.31. The SMILES string of the molecule is CC(=O)N1CCCc2cc(S(=O)(=O)N3CCC[C@H](C(=O)NCc4ccccc4Cl)C3)ccc21. The van der Waals surface area contributed by atoms with Gasteiger partial charge in [0.1, 0.15) is 0 Å². The molecule has 2 heterocycles. The molecule has 2 aliphatic rings. The van der Waals surface area contributed by atoms with Gasteiger partial charge in [-0.3, -0.25) is 9.59 Å². The van der Waals surface area contributed by atoms with Crippen LogP contribution >= 0.6 is 11.6 Å². The quantitative estimate of drug-likeness (QED) is 0.697. The maximum Gasteiger partial charge on any atom is 0.243 e. The first-order valence-electron chi connectivity index (χ1n) is 11.2. The summed E-state index contributed by atoms with van der Waals surface area (Å²) in [6.45, 7) is 3.00. The normalized spacial score (nSPS) is 19.1. The van der Waals surface area contributed by atoms with Gasteiger partial charge in [-0.25, -0.2) is 8.42 Å². The third-order valence-corrected chi connectivity index (χ3v) is 8.58. The lowest BCUT2D eigenvalue weighted by Gasteiger charge is -2.32. The lowest BCUT2D eigenvalue weighted by Crippen LogP contribution is -2.45. The van der Waals surface area contributed by atoms with E-state index in [1.165, 1.54) is 11.2 Å². The van der Waals surface area contributed by atoms with Crippen molar-refractivity contribution in [2.45, 2.75) is 44.0 Å². The Morgan fingerprint density at radius 2 is 1.91 bits per heavy atom. The first-order chi connectivity index (χ1) is 15.8. The predicted molar refractivity (Wildman–Crippen MR) is 128 cm³/mol. The second-order valence-corrected chi connectivity index (χ2v) is 10.9. The van der Waals surface area contributed by atoms with E-state index in [1.807, 2.05) is 18.2 Å². The topological polar surface area (TPSA) is 86.8 Å². The summed E-state index contributed by atoms with van der Waals surface area (Å²) in [5, 5.41) is 3.48. The molecule has 1 fully saturated rings. The summed E-state index contributed by atoms with van der Waals surface area (Å²) in [4.78, 5) is 26.6. The number of rotatable bonds is 5. The minimum atomic E-state index is -3.74. The molecule has 0 unspecified atom stereocenters. The molecule has 0 saturated carbocycles. The standard InChI is InChI=1S/C24H28ClN3O4S/c1-17(29)28-13-5-7-18-14-21(10-11-23(18)28)33(31,32)27-12-4-8-20(16-27)24(30)26-15-19-6-2-3-9-22(19)25/h2-3,6,9-11,14,20H,4-5,7-8,12-13,15-16H2,1H3,(H,26,30)/t20-/m0/s1. The number of halogens is 1. The number of sulfonamides is 1. The summed E-state index contributed by atoms with van der Waals surface area (Å²) in [5.41, 5.74) is 2.47. The van der Waals surface area contributed by atoms with Crippen molar-refractivity contribution in [3.8, 4) is 0 Å². The van der Waals surface area contributed by atoms with Crippen LogP contribution in [0.4, 0.5) is 5.69 Å². The summed E-state index contributed by atoms with van der Waals surface area (Å²) < 4.78 is 28.2. The highest BCUT2D eigenvalue weighted by atomic mass is 35.5. The van der Waals surface area contributed by atoms with Crippen molar-refractivity contribution in [3.05, 3.63) is 58.6 Å². The average Bonchev–Trinajstić information content (AvgIpc) is 2.82. The van der Waals surface area contributed by atoms with Gasteiger partial charge in [-0.05, 0) is 61.1 Å². The molecule has 176 valence electrons. The molecule has 1 atom stereocenters. The number of fused-ring (bicyclic) bond motifs is 1. The molecule has 9 heteroatoms. The van der Waals surface area contributed by atoms with Crippen molar-refractivity contribution in [2.24, 2.45) is 5.92 Å². The fourth-order valence-electron chi connectivity index (χ4n) is 4.55. The van der Waals surface area contributed by atoms with E-state index in [2.05, 4.69) is 5.32 Å². The molecular formula is C24H28ClN3O4S. The maximum atomic E-state index is 13.4. The van der Waals surface area contributed by atoms with Crippen LogP contribution in [-0.2, 0) is 32.6 Å². The molecule has 33 heavy (non-hydrogen) atoms. The molecule has 2 aliphatic heterocycles. The molecular weight excluding hydrogens is 462 g/mol. The van der Waals surface area contributed by atoms with Crippen LogP contribution in [0.2, 0.25) is 5.02 Å². The van der Waals surface area contributed by atoms with Gasteiger partial charge in [-0.15, -0.1) is 0 Å². The largest absolute Gasteiger partial charge is 0.352 e. The van der Waals surface area contributed by atoms with E-state index in [-0.39, 0.29) is 23.3 Å². The third kappa shape index (κ3) is 5.08. The Balaban J connectivity index is 1.46. The van der Waals surface area contributed by atoms with Crippen molar-refractivity contribution in [1.82, 2.24) is 9.62 Å². The first kappa shape index (κ1) is 23.7. The average molecular weight is 490 g/mol. The number of nitrogens with one attached hydrogen (secondary N) is 1. The summed E-state index contributed by atoms with van der Waals surface area (Å²) in [5.74, 6) is -0.632. The van der Waals surface area contributed by atoms with Crippen molar-refractivity contribution in [2.75, 3.05) is 24.5 Å². The highest BCUT2D eigenvalue weighted by Gasteiger charge is 2.34. The molecule has 0 spiro atoms. The predicted octanol–water partition coefficient (Wildman–Crippen LogP) is 3.36. The highest BCUT2D eigenvalue weighted by molar-refractivity contribution is 7.89. The number of hydrogen-bond acceptors (Lipinski definition) is 4. The van der Waals surface area contributed by atoms with Crippen molar-refractivity contribution in [3.63, 3.8) is 0 Å². The molecule has 1 N–H and O–H groups in total. The zero-order valence-electron chi connectivity index (χ0n) is 18.6. The van der Waals surface area contributed by atoms with Crippen LogP contribution in [0.25, 0.3) is 0 Å². The minimum absolute atomic E-state index is 0.0479. The van der Waals surface area contributed by atoms with Gasteiger partial charge in [0.25, 0.3) is 0 Å². The lowest BCUT2D eigenvalue weighted by molar-refractivity contribution is -0.126. The van der Waals surface area contributed by atoms with Crippen LogP contribution in [0, 0.1) is 5.92 Å². The number of hydrogen-bond donors (Lipinski definition) is 1. The van der Waals surface area contributed by atoms with E-state index in [9.17, 15) is 18.0 Å². The third-order valence-electron chi connectivity index (χ3n) is 6.35. The van der Waals surface area contributed by atoms with Crippen LogP contribution in [0.3, 0.4) is 0 Å². The van der Waals surface area contributed by atoms with Gasteiger partial charge < -0.3 is 10.2 Å². The van der Waals surface area contributed by atoms with Gasteiger partial charge in [0.2, 0.25) is 21.8 Å². The zero-order valence-corrected chi connectivity index (χ0v) is 20.2. The minimum Gasteiger partial charge on any atom is -0.352 e. The van der Waals surface area contributed by atoms with Crippen molar-refractivity contribution < 1.29 is 18.0 Å². The Morgan fingerprint density at radius 3 is 2.67 bits per heavy atom. The Hall–Kier alpha value is -2.42. The fraction of sp³-hybridized carbons (Fsp3) is 0.417. The molecule has 4 rings (SSSR count). The van der Waals surface area contributed by atoms with E-state index < -0.39 is 15.9 Å². The van der Waals surface area contributed by atoms with Gasteiger partial charge in [0.05, 0.1) is 10.8 Å². The fourth-order valence-corrected chi connectivity index (χ4v) is 6.33. The van der Waals surface area contributed by atoms with Crippen molar-refractivity contribution >= 4 is 39.1 Å². The number of carbonyl (C=O) groups excluding carboxylic acids is 2. The molecule has 0 aromatic heterocycles. The number of nitrogens with zero attached hydrogens (tertiary/aromatic N) is 2. The van der Waals surface area contributed by atoms with Gasteiger partial charge in [0, 0.05) is 43.8 Å². The van der Waals surface area contributed by atoms with E-state index in [0.717, 1.165) is 29.7 Å². The molecule has 0 radical (unpaired) electrons. The Bertz CT molecular complexity index is 1170. The van der Waals surface area contributed by atoms with Gasteiger partial charge in [-0.2, -0.15) is 4.31 Å². The van der Waals surface area contributed by atoms with E-state index >= 15 is 0 Å². The first-order valence-corrected chi connectivity index (χ1v) is 13.0. The number of aryl methyl sites for hydroxylation is 1. The molecule has 2 amide bonds. The number of carbonyl (C=O) groups is 2. The van der Waals surface area contributed by atoms with E-state index in [0.29, 0.717) is 37.5 Å². The Morgan fingerprint density at radius 1 is 1.12 bits per heavy atom. The Labute approximate surface area is 199 Å². The van der Waals surface area contributed by atoms with Crippen molar-refractivity contribution in [1.29, 1.82) is 0 Å². The number of amides is 2. The molecule has 1 saturated heterocycles. The summed E-state index contributed by atoms with van der Waals surface area (Å²) in [6.07, 6.45) is 2.79. The molecule has 0 aliphatic carbocycles. The number of anilines is 1. The number of piperidine rings is 1. The van der Waals surface area contributed by atoms with Gasteiger partial charge >= 0.3 is 0 Å². The van der Waals surface area contributed by atoms with Crippen LogP contribution < -0.4 is 10.2 Å². The van der Waals surface area contributed by atoms with Crippen LogP contribution in [0.5, 0.6) is 0 Å².